The van der Waals surface area contributed by atoms with Gasteiger partial charge in [0.25, 0.3) is 5.91 Å². The maximum Gasteiger partial charge on any atom is 0.410 e. The number of aromatic nitrogens is 4. The van der Waals surface area contributed by atoms with Crippen LogP contribution >= 0.6 is 0 Å². The van der Waals surface area contributed by atoms with Gasteiger partial charge >= 0.3 is 12.2 Å². The Balaban J connectivity index is 1.09. The smallest absolute Gasteiger partial charge is 0.410 e. The molecule has 13 heteroatoms. The van der Waals surface area contributed by atoms with E-state index in [2.05, 4.69) is 25.3 Å². The van der Waals surface area contributed by atoms with E-state index >= 15 is 0 Å². The van der Waals surface area contributed by atoms with Gasteiger partial charge in [0.1, 0.15) is 28.6 Å². The van der Waals surface area contributed by atoms with Gasteiger partial charge in [-0.1, -0.05) is 6.07 Å². The highest BCUT2D eigenvalue weighted by Gasteiger charge is 2.36. The van der Waals surface area contributed by atoms with Crippen LogP contribution in [0.3, 0.4) is 0 Å². The summed E-state index contributed by atoms with van der Waals surface area (Å²) >= 11 is 0. The number of ether oxygens (including phenoxy) is 3. The van der Waals surface area contributed by atoms with Crippen LogP contribution in [0.2, 0.25) is 0 Å². The SMILES string of the molecule is CC(C)(C)OC(=O)N1CCC[C@H]1c1ncc(-c2ccc3c(c2)Oc2ccc(-c4cnc([C@@H]5CCCN5C(=O)OC(C)(C)C)[nH]4)cc2C(=O)N3)[nH]1. The van der Waals surface area contributed by atoms with Crippen molar-refractivity contribution in [2.75, 3.05) is 18.4 Å². The van der Waals surface area contributed by atoms with E-state index in [1.165, 1.54) is 0 Å². The number of imidazole rings is 2. The standard InChI is InChI=1S/C37H43N7O6/c1-36(2,3)49-34(46)43-15-7-9-27(43)31-38-19-25(40-31)21-12-14-29-23(17-21)33(45)42-24-13-11-22(18-30(24)48-29)26-20-39-32(41-26)28-10-8-16-44(28)35(47)50-37(4,5)6/h11-14,17-20,27-28H,7-10,15-16H2,1-6H3,(H,38,40)(H,39,41)(H,42,45)/t27-,28-/m0/s1. The molecule has 13 nitrogen and oxygen atoms in total. The molecule has 3 N–H and O–H groups in total. The summed E-state index contributed by atoms with van der Waals surface area (Å²) in [5, 5.41) is 2.98. The number of benzene rings is 2. The van der Waals surface area contributed by atoms with Gasteiger partial charge in [0.2, 0.25) is 0 Å². The molecule has 7 rings (SSSR count). The van der Waals surface area contributed by atoms with Crippen molar-refractivity contribution in [2.24, 2.45) is 0 Å². The minimum atomic E-state index is -0.588. The summed E-state index contributed by atoms with van der Waals surface area (Å²) in [5.41, 5.74) is 2.79. The molecular formula is C37H43N7O6. The normalized spacial score (nSPS) is 19.0. The maximum absolute atomic E-state index is 13.4. The number of nitrogens with one attached hydrogen (secondary N) is 3. The van der Waals surface area contributed by atoms with E-state index in [0.29, 0.717) is 47.5 Å². The van der Waals surface area contributed by atoms with Crippen molar-refractivity contribution in [1.82, 2.24) is 29.7 Å². The van der Waals surface area contributed by atoms with Crippen molar-refractivity contribution in [1.29, 1.82) is 0 Å². The molecule has 2 atom stereocenters. The van der Waals surface area contributed by atoms with Crippen molar-refractivity contribution in [3.8, 4) is 34.0 Å². The summed E-state index contributed by atoms with van der Waals surface area (Å²) in [6, 6.07) is 10.5. The molecule has 5 heterocycles. The number of rotatable bonds is 4. The second kappa shape index (κ2) is 12.5. The molecule has 0 unspecified atom stereocenters. The Hall–Kier alpha value is -5.33. The van der Waals surface area contributed by atoms with Crippen LogP contribution < -0.4 is 10.1 Å². The van der Waals surface area contributed by atoms with Crippen LogP contribution in [-0.4, -0.2) is 72.1 Å². The van der Waals surface area contributed by atoms with Crippen molar-refractivity contribution in [3.05, 3.63) is 66.0 Å². The first-order valence-corrected chi connectivity index (χ1v) is 17.1. The third-order valence-corrected chi connectivity index (χ3v) is 8.88. The molecule has 50 heavy (non-hydrogen) atoms. The molecule has 0 saturated carbocycles. The predicted molar refractivity (Wildman–Crippen MR) is 186 cm³/mol. The first-order chi connectivity index (χ1) is 23.7. The summed E-state index contributed by atoms with van der Waals surface area (Å²) < 4.78 is 17.6. The summed E-state index contributed by atoms with van der Waals surface area (Å²) in [6.45, 7) is 12.3. The van der Waals surface area contributed by atoms with Crippen LogP contribution in [0.4, 0.5) is 15.3 Å². The Morgan fingerprint density at radius 2 is 1.28 bits per heavy atom. The van der Waals surface area contributed by atoms with Gasteiger partial charge in [-0.3, -0.25) is 14.6 Å². The number of carbonyl (C=O) groups is 3. The maximum atomic E-state index is 13.4. The predicted octanol–water partition coefficient (Wildman–Crippen LogP) is 7.97. The molecule has 0 aliphatic carbocycles. The minimum Gasteiger partial charge on any atom is -0.454 e. The van der Waals surface area contributed by atoms with Crippen molar-refractivity contribution < 1.29 is 28.6 Å². The number of anilines is 1. The monoisotopic (exact) mass is 681 g/mol. The summed E-state index contributed by atoms with van der Waals surface area (Å²) in [6.07, 6.45) is 6.04. The molecule has 262 valence electrons. The highest BCUT2D eigenvalue weighted by atomic mass is 16.6. The number of nitrogens with zero attached hydrogens (tertiary/aromatic N) is 4. The van der Waals surface area contributed by atoms with E-state index in [9.17, 15) is 14.4 Å². The molecule has 0 radical (unpaired) electrons. The van der Waals surface area contributed by atoms with E-state index in [-0.39, 0.29) is 30.2 Å². The van der Waals surface area contributed by atoms with Gasteiger partial charge in [0, 0.05) is 24.2 Å². The van der Waals surface area contributed by atoms with Crippen LogP contribution in [-0.2, 0) is 9.47 Å². The minimum absolute atomic E-state index is 0.205. The number of amides is 3. The van der Waals surface area contributed by atoms with Crippen molar-refractivity contribution in [3.63, 3.8) is 0 Å². The topological polar surface area (TPSA) is 155 Å². The first kappa shape index (κ1) is 33.2. The van der Waals surface area contributed by atoms with Gasteiger partial charge in [-0.2, -0.15) is 0 Å². The van der Waals surface area contributed by atoms with E-state index in [1.807, 2.05) is 59.7 Å². The Labute approximate surface area is 290 Å². The van der Waals surface area contributed by atoms with Crippen LogP contribution in [0, 0.1) is 0 Å². The van der Waals surface area contributed by atoms with E-state index in [4.69, 9.17) is 14.2 Å². The molecule has 0 bridgehead atoms. The van der Waals surface area contributed by atoms with E-state index in [1.54, 1.807) is 40.4 Å². The molecule has 2 aromatic carbocycles. The van der Waals surface area contributed by atoms with E-state index in [0.717, 1.165) is 48.2 Å². The molecule has 2 fully saturated rings. The fourth-order valence-electron chi connectivity index (χ4n) is 6.64. The van der Waals surface area contributed by atoms with Gasteiger partial charge in [0.15, 0.2) is 5.75 Å². The summed E-state index contributed by atoms with van der Waals surface area (Å²) in [7, 11) is 0. The van der Waals surface area contributed by atoms with Crippen molar-refractivity contribution in [2.45, 2.75) is 90.5 Å². The lowest BCUT2D eigenvalue weighted by Gasteiger charge is -2.27. The molecule has 2 saturated heterocycles. The van der Waals surface area contributed by atoms with Crippen LogP contribution in [0.25, 0.3) is 22.5 Å². The lowest BCUT2D eigenvalue weighted by Crippen LogP contribution is -2.36. The second-order valence-corrected chi connectivity index (χ2v) is 15.0. The Kier molecular flexibility index (Phi) is 8.31. The average molecular weight is 682 g/mol. The number of likely N-dealkylation sites (tertiary alicyclic amines) is 2. The number of carbonyl (C=O) groups excluding carboxylic acids is 3. The molecule has 3 aliphatic heterocycles. The summed E-state index contributed by atoms with van der Waals surface area (Å²) in [4.78, 5) is 58.6. The third-order valence-electron chi connectivity index (χ3n) is 8.88. The van der Waals surface area contributed by atoms with Gasteiger partial charge in [-0.25, -0.2) is 19.6 Å². The molecule has 4 aromatic rings. The zero-order valence-corrected chi connectivity index (χ0v) is 29.3. The Morgan fingerprint density at radius 3 is 1.82 bits per heavy atom. The van der Waals surface area contributed by atoms with Crippen LogP contribution in [0.1, 0.15) is 101 Å². The quantitative estimate of drug-likeness (QED) is 0.196. The van der Waals surface area contributed by atoms with Crippen molar-refractivity contribution >= 4 is 23.8 Å². The molecule has 3 amide bonds. The number of aromatic amines is 2. The fourth-order valence-corrected chi connectivity index (χ4v) is 6.64. The number of hydrogen-bond donors (Lipinski definition) is 3. The van der Waals surface area contributed by atoms with Gasteiger partial charge < -0.3 is 29.5 Å². The van der Waals surface area contributed by atoms with Crippen LogP contribution in [0.15, 0.2) is 48.8 Å². The zero-order valence-electron chi connectivity index (χ0n) is 29.3. The Bertz CT molecular complexity index is 1950. The second-order valence-electron chi connectivity index (χ2n) is 15.0. The zero-order chi connectivity index (χ0) is 35.4. The third kappa shape index (κ3) is 6.76. The van der Waals surface area contributed by atoms with Gasteiger partial charge in [0.05, 0.1) is 47.1 Å². The molecule has 0 spiro atoms. The highest BCUT2D eigenvalue weighted by molar-refractivity contribution is 6.08. The molecule has 2 aromatic heterocycles. The van der Waals surface area contributed by atoms with Gasteiger partial charge in [-0.05, 0) is 97.6 Å². The Morgan fingerprint density at radius 1 is 0.760 bits per heavy atom. The fraction of sp³-hybridized carbons (Fsp3) is 0.432. The first-order valence-electron chi connectivity index (χ1n) is 17.1. The lowest BCUT2D eigenvalue weighted by molar-refractivity contribution is 0.0208. The van der Waals surface area contributed by atoms with E-state index < -0.39 is 11.2 Å². The van der Waals surface area contributed by atoms with Gasteiger partial charge in [-0.15, -0.1) is 0 Å². The molecular weight excluding hydrogens is 638 g/mol. The van der Waals surface area contributed by atoms with Crippen LogP contribution in [0.5, 0.6) is 11.5 Å². The summed E-state index contributed by atoms with van der Waals surface area (Å²) in [5.74, 6) is 1.97. The average Bonchev–Trinajstić information content (AvgIpc) is 3.85. The lowest BCUT2D eigenvalue weighted by atomic mass is 10.1. The number of fused-ring (bicyclic) bond motifs is 2. The highest BCUT2D eigenvalue weighted by Crippen LogP contribution is 2.41. The largest absolute Gasteiger partial charge is 0.454 e. The number of hydrogen-bond acceptors (Lipinski definition) is 8. The number of H-pyrrole nitrogens is 2. The molecule has 3 aliphatic rings.